The number of H-pyrrole nitrogens is 1. The predicted octanol–water partition coefficient (Wildman–Crippen LogP) is 2.41. The summed E-state index contributed by atoms with van der Waals surface area (Å²) in [5.41, 5.74) is 2.20. The summed E-state index contributed by atoms with van der Waals surface area (Å²) in [6, 6.07) is 5.45. The van der Waals surface area contributed by atoms with E-state index in [0.717, 1.165) is 5.56 Å². The second kappa shape index (κ2) is 3.18. The van der Waals surface area contributed by atoms with Gasteiger partial charge in [-0.05, 0) is 35.6 Å². The minimum absolute atomic E-state index is 0.0587. The third-order valence-corrected chi connectivity index (χ3v) is 2.80. The summed E-state index contributed by atoms with van der Waals surface area (Å²) in [6.45, 7) is 2.07. The molecule has 0 amide bonds. The normalized spacial score (nSPS) is 10.2. The van der Waals surface area contributed by atoms with Crippen LogP contribution in [0.4, 0.5) is 0 Å². The zero-order valence-electron chi connectivity index (χ0n) is 7.20. The fourth-order valence-corrected chi connectivity index (χ4v) is 1.98. The zero-order chi connectivity index (χ0) is 9.26. The van der Waals surface area contributed by atoms with E-state index in [1.165, 1.54) is 10.4 Å². The molecule has 0 saturated heterocycles. The lowest BCUT2D eigenvalue weighted by Gasteiger charge is -1.97. The molecule has 0 saturated carbocycles. The first-order chi connectivity index (χ1) is 6.27. The van der Waals surface area contributed by atoms with Crippen LogP contribution in [0.5, 0.6) is 0 Å². The van der Waals surface area contributed by atoms with Gasteiger partial charge in [-0.25, -0.2) is 0 Å². The van der Waals surface area contributed by atoms with E-state index in [9.17, 15) is 4.79 Å². The molecule has 0 aromatic carbocycles. The van der Waals surface area contributed by atoms with Crippen molar-refractivity contribution in [3.05, 3.63) is 45.0 Å². The van der Waals surface area contributed by atoms with Crippen molar-refractivity contribution >= 4 is 11.3 Å². The lowest BCUT2D eigenvalue weighted by Crippen LogP contribution is -2.01. The molecular formula is C10H9NOS. The summed E-state index contributed by atoms with van der Waals surface area (Å²) in [5, 5.41) is 2.05. The number of thiophene rings is 1. The zero-order valence-corrected chi connectivity index (χ0v) is 8.02. The van der Waals surface area contributed by atoms with Crippen LogP contribution in [0.3, 0.4) is 0 Å². The van der Waals surface area contributed by atoms with E-state index in [1.54, 1.807) is 23.6 Å². The van der Waals surface area contributed by atoms with Crippen LogP contribution in [0.15, 0.2) is 34.6 Å². The molecular weight excluding hydrogens is 182 g/mol. The van der Waals surface area contributed by atoms with Gasteiger partial charge in [0.15, 0.2) is 0 Å². The molecule has 0 aliphatic carbocycles. The molecule has 1 N–H and O–H groups in total. The average Bonchev–Trinajstić information content (AvgIpc) is 2.53. The summed E-state index contributed by atoms with van der Waals surface area (Å²) < 4.78 is 0. The smallest absolute Gasteiger partial charge is 0.247 e. The van der Waals surface area contributed by atoms with E-state index < -0.39 is 0 Å². The maximum Gasteiger partial charge on any atom is 0.247 e. The summed E-state index contributed by atoms with van der Waals surface area (Å²) in [7, 11) is 0. The molecule has 0 fully saturated rings. The second-order valence-corrected chi connectivity index (χ2v) is 3.95. The van der Waals surface area contributed by atoms with Gasteiger partial charge >= 0.3 is 0 Å². The molecule has 0 aliphatic heterocycles. The van der Waals surface area contributed by atoms with Gasteiger partial charge in [0.2, 0.25) is 5.56 Å². The van der Waals surface area contributed by atoms with Gasteiger partial charge in [0.25, 0.3) is 0 Å². The van der Waals surface area contributed by atoms with Gasteiger partial charge in [-0.2, -0.15) is 0 Å². The highest BCUT2D eigenvalue weighted by molar-refractivity contribution is 7.10. The first kappa shape index (κ1) is 8.26. The van der Waals surface area contributed by atoms with Gasteiger partial charge in [-0.3, -0.25) is 4.79 Å². The molecule has 13 heavy (non-hydrogen) atoms. The van der Waals surface area contributed by atoms with Crippen LogP contribution in [0.1, 0.15) is 4.88 Å². The highest BCUT2D eigenvalue weighted by Gasteiger charge is 2.01. The van der Waals surface area contributed by atoms with Gasteiger partial charge in [0.05, 0.1) is 0 Å². The summed E-state index contributed by atoms with van der Waals surface area (Å²) in [4.78, 5) is 14.8. The van der Waals surface area contributed by atoms with Crippen LogP contribution in [0.2, 0.25) is 0 Å². The standard InChI is InChI=1S/C10H9NOS/c1-7-9(4-5-13-7)8-2-3-10(12)11-6-8/h2-6H,1H3,(H,11,12). The Balaban J connectivity index is 2.53. The van der Waals surface area contributed by atoms with Gasteiger partial charge < -0.3 is 4.98 Å². The molecule has 0 atom stereocenters. The number of aryl methyl sites for hydroxylation is 1. The number of nitrogens with one attached hydrogen (secondary N) is 1. The van der Waals surface area contributed by atoms with Crippen LogP contribution < -0.4 is 5.56 Å². The van der Waals surface area contributed by atoms with Gasteiger partial charge in [-0.1, -0.05) is 0 Å². The number of aromatic amines is 1. The molecule has 0 unspecified atom stereocenters. The highest BCUT2D eigenvalue weighted by Crippen LogP contribution is 2.25. The fraction of sp³-hybridized carbons (Fsp3) is 0.100. The van der Waals surface area contributed by atoms with Crippen molar-refractivity contribution in [2.75, 3.05) is 0 Å². The van der Waals surface area contributed by atoms with Crippen molar-refractivity contribution in [1.82, 2.24) is 4.98 Å². The fourth-order valence-electron chi connectivity index (χ4n) is 1.26. The van der Waals surface area contributed by atoms with E-state index in [0.29, 0.717) is 0 Å². The number of rotatable bonds is 1. The monoisotopic (exact) mass is 191 g/mol. The minimum Gasteiger partial charge on any atom is -0.328 e. The van der Waals surface area contributed by atoms with Gasteiger partial charge in [0.1, 0.15) is 0 Å². The Labute approximate surface area is 79.9 Å². The Bertz CT molecular complexity index is 449. The number of pyridine rings is 1. The van der Waals surface area contributed by atoms with E-state index in [2.05, 4.69) is 23.4 Å². The first-order valence-electron chi connectivity index (χ1n) is 4.00. The summed E-state index contributed by atoms with van der Waals surface area (Å²) >= 11 is 1.71. The van der Waals surface area contributed by atoms with Crippen molar-refractivity contribution in [1.29, 1.82) is 0 Å². The van der Waals surface area contributed by atoms with E-state index in [1.807, 2.05) is 6.07 Å². The number of hydrogen-bond acceptors (Lipinski definition) is 2. The third kappa shape index (κ3) is 1.55. The molecule has 0 aliphatic rings. The first-order valence-corrected chi connectivity index (χ1v) is 4.88. The van der Waals surface area contributed by atoms with Crippen molar-refractivity contribution < 1.29 is 0 Å². The minimum atomic E-state index is -0.0587. The quantitative estimate of drug-likeness (QED) is 0.737. The molecule has 66 valence electrons. The van der Waals surface area contributed by atoms with E-state index in [4.69, 9.17) is 0 Å². The summed E-state index contributed by atoms with van der Waals surface area (Å²) in [5.74, 6) is 0. The largest absolute Gasteiger partial charge is 0.328 e. The van der Waals surface area contributed by atoms with Crippen molar-refractivity contribution in [3.63, 3.8) is 0 Å². The van der Waals surface area contributed by atoms with E-state index in [-0.39, 0.29) is 5.56 Å². The van der Waals surface area contributed by atoms with Crippen molar-refractivity contribution in [2.24, 2.45) is 0 Å². The lowest BCUT2D eigenvalue weighted by molar-refractivity contribution is 1.24. The topological polar surface area (TPSA) is 32.9 Å². The Morgan fingerprint density at radius 1 is 1.31 bits per heavy atom. The van der Waals surface area contributed by atoms with Crippen molar-refractivity contribution in [3.8, 4) is 11.1 Å². The third-order valence-electron chi connectivity index (χ3n) is 1.95. The highest BCUT2D eigenvalue weighted by atomic mass is 32.1. The van der Waals surface area contributed by atoms with Crippen molar-refractivity contribution in [2.45, 2.75) is 6.92 Å². The molecule has 0 spiro atoms. The average molecular weight is 191 g/mol. The molecule has 0 radical (unpaired) electrons. The summed E-state index contributed by atoms with van der Waals surface area (Å²) in [6.07, 6.45) is 1.75. The number of aromatic nitrogens is 1. The molecule has 2 aromatic heterocycles. The Morgan fingerprint density at radius 3 is 2.69 bits per heavy atom. The van der Waals surface area contributed by atoms with Crippen LogP contribution in [-0.2, 0) is 0 Å². The maximum absolute atomic E-state index is 10.8. The van der Waals surface area contributed by atoms with E-state index >= 15 is 0 Å². The van der Waals surface area contributed by atoms with Gasteiger partial charge in [0, 0.05) is 17.1 Å². The molecule has 2 nitrogen and oxygen atoms in total. The molecule has 2 rings (SSSR count). The lowest BCUT2D eigenvalue weighted by atomic mass is 10.1. The molecule has 2 heterocycles. The molecule has 0 bridgehead atoms. The number of hydrogen-bond donors (Lipinski definition) is 1. The Hall–Kier alpha value is -1.35. The molecule has 3 heteroatoms. The van der Waals surface area contributed by atoms with Crippen LogP contribution in [0.25, 0.3) is 11.1 Å². The SMILES string of the molecule is Cc1sccc1-c1ccc(=O)[nH]c1. The van der Waals surface area contributed by atoms with Crippen LogP contribution in [-0.4, -0.2) is 4.98 Å². The van der Waals surface area contributed by atoms with Crippen LogP contribution in [0, 0.1) is 6.92 Å². The second-order valence-electron chi connectivity index (χ2n) is 2.83. The van der Waals surface area contributed by atoms with Crippen LogP contribution >= 0.6 is 11.3 Å². The Kier molecular flexibility index (Phi) is 2.02. The van der Waals surface area contributed by atoms with Gasteiger partial charge in [-0.15, -0.1) is 11.3 Å². The Morgan fingerprint density at radius 2 is 2.15 bits per heavy atom. The maximum atomic E-state index is 10.8. The molecule has 2 aromatic rings. The predicted molar refractivity (Wildman–Crippen MR) is 55.1 cm³/mol.